The minimum Gasteiger partial charge on any atom is -0.351 e. The van der Waals surface area contributed by atoms with Crippen LogP contribution in [-0.2, 0) is 0 Å². The van der Waals surface area contributed by atoms with E-state index in [2.05, 4.69) is 17.8 Å². The Kier molecular flexibility index (Phi) is 9.74. The third-order valence-corrected chi connectivity index (χ3v) is 2.12. The molecule has 0 aliphatic carbocycles. The molecule has 0 aromatic carbocycles. The van der Waals surface area contributed by atoms with Crippen molar-refractivity contribution in [3.05, 3.63) is 0 Å². The maximum absolute atomic E-state index is 10.3. The fourth-order valence-corrected chi connectivity index (χ4v) is 1.32. The lowest BCUT2D eigenvalue weighted by Crippen LogP contribution is -2.41. The Balaban J connectivity index is 2.88. The van der Waals surface area contributed by atoms with E-state index in [0.29, 0.717) is 0 Å². The van der Waals surface area contributed by atoms with Crippen LogP contribution in [-0.4, -0.2) is 12.6 Å². The second-order valence-corrected chi connectivity index (χ2v) is 3.54. The average molecular weight is 201 g/mol. The molecule has 0 radical (unpaired) electrons. The molecular weight excluding hydrogens is 178 g/mol. The molecule has 0 aliphatic heterocycles. The van der Waals surface area contributed by atoms with Gasteiger partial charge >= 0.3 is 6.03 Å². The second-order valence-electron chi connectivity index (χ2n) is 3.54. The van der Waals surface area contributed by atoms with E-state index in [0.717, 1.165) is 13.0 Å². The summed E-state index contributed by atoms with van der Waals surface area (Å²) in [7, 11) is 0. The monoisotopic (exact) mass is 201 g/mol. The van der Waals surface area contributed by atoms with Gasteiger partial charge in [-0.1, -0.05) is 45.4 Å². The number of nitrogens with two attached hydrogens (primary N) is 1. The minimum absolute atomic E-state index is 0.520. The summed E-state index contributed by atoms with van der Waals surface area (Å²) in [6.45, 7) is 3.02. The molecule has 0 heterocycles. The van der Waals surface area contributed by atoms with Crippen LogP contribution in [0.1, 0.15) is 51.9 Å². The Labute approximate surface area is 86.6 Å². The van der Waals surface area contributed by atoms with E-state index in [9.17, 15) is 4.79 Å². The fraction of sp³-hybridized carbons (Fsp3) is 0.900. The summed E-state index contributed by atoms with van der Waals surface area (Å²) in [5, 5.41) is 0. The Bertz CT molecular complexity index is 139. The molecule has 0 unspecified atom stereocenters. The Morgan fingerprint density at radius 1 is 1.07 bits per heavy atom. The van der Waals surface area contributed by atoms with Crippen LogP contribution in [0.3, 0.4) is 0 Å². The lowest BCUT2D eigenvalue weighted by molar-refractivity contribution is 0.244. The van der Waals surface area contributed by atoms with Gasteiger partial charge in [0.1, 0.15) is 0 Å². The molecule has 0 fully saturated rings. The normalized spacial score (nSPS) is 10.1. The van der Waals surface area contributed by atoms with Crippen LogP contribution >= 0.6 is 0 Å². The van der Waals surface area contributed by atoms with Gasteiger partial charge in [-0.3, -0.25) is 5.43 Å². The molecule has 0 saturated heterocycles. The number of hydrogen-bond acceptors (Lipinski definition) is 2. The molecule has 0 atom stereocenters. The highest BCUT2D eigenvalue weighted by molar-refractivity contribution is 5.70. The van der Waals surface area contributed by atoms with E-state index >= 15 is 0 Å². The number of amides is 2. The van der Waals surface area contributed by atoms with Gasteiger partial charge in [0.2, 0.25) is 0 Å². The number of primary amides is 1. The smallest absolute Gasteiger partial charge is 0.326 e. The van der Waals surface area contributed by atoms with Crippen molar-refractivity contribution < 1.29 is 4.79 Å². The van der Waals surface area contributed by atoms with Gasteiger partial charge in [-0.25, -0.2) is 10.2 Å². The van der Waals surface area contributed by atoms with E-state index < -0.39 is 6.03 Å². The average Bonchev–Trinajstić information content (AvgIpc) is 2.15. The first-order valence-corrected chi connectivity index (χ1v) is 5.55. The molecule has 84 valence electrons. The SMILES string of the molecule is CCCCCCCCCNNC(N)=O. The number of carbonyl (C=O) groups is 1. The number of rotatable bonds is 9. The fourth-order valence-electron chi connectivity index (χ4n) is 1.32. The zero-order valence-electron chi connectivity index (χ0n) is 9.14. The van der Waals surface area contributed by atoms with Gasteiger partial charge in [0.05, 0.1) is 0 Å². The lowest BCUT2D eigenvalue weighted by Gasteiger charge is -2.04. The maximum atomic E-state index is 10.3. The van der Waals surface area contributed by atoms with E-state index in [-0.39, 0.29) is 0 Å². The van der Waals surface area contributed by atoms with Crippen LogP contribution in [0.4, 0.5) is 4.79 Å². The zero-order valence-corrected chi connectivity index (χ0v) is 9.14. The van der Waals surface area contributed by atoms with Gasteiger partial charge in [-0.2, -0.15) is 0 Å². The summed E-state index contributed by atoms with van der Waals surface area (Å²) in [6, 6.07) is -0.520. The molecule has 0 aromatic rings. The molecule has 0 rings (SSSR count). The summed E-state index contributed by atoms with van der Waals surface area (Å²) >= 11 is 0. The lowest BCUT2D eigenvalue weighted by atomic mass is 10.1. The van der Waals surface area contributed by atoms with Crippen LogP contribution < -0.4 is 16.6 Å². The molecule has 4 heteroatoms. The maximum Gasteiger partial charge on any atom is 0.326 e. The molecule has 0 aliphatic rings. The van der Waals surface area contributed by atoms with Crippen LogP contribution in [0.2, 0.25) is 0 Å². The predicted molar refractivity (Wildman–Crippen MR) is 58.7 cm³/mol. The van der Waals surface area contributed by atoms with Crippen molar-refractivity contribution in [2.75, 3.05) is 6.54 Å². The molecule has 4 nitrogen and oxygen atoms in total. The summed E-state index contributed by atoms with van der Waals surface area (Å²) in [5.74, 6) is 0. The third-order valence-electron chi connectivity index (χ3n) is 2.12. The molecule has 2 amide bonds. The van der Waals surface area contributed by atoms with Crippen molar-refractivity contribution in [2.24, 2.45) is 5.73 Å². The van der Waals surface area contributed by atoms with Crippen LogP contribution in [0.25, 0.3) is 0 Å². The first-order chi connectivity index (χ1) is 6.77. The second kappa shape index (κ2) is 10.3. The number of hydrogen-bond donors (Lipinski definition) is 3. The highest BCUT2D eigenvalue weighted by Crippen LogP contribution is 2.05. The van der Waals surface area contributed by atoms with Gasteiger partial charge in [-0.05, 0) is 6.42 Å². The van der Waals surface area contributed by atoms with Gasteiger partial charge < -0.3 is 5.73 Å². The predicted octanol–water partition coefficient (Wildman–Crippen LogP) is 1.91. The minimum atomic E-state index is -0.520. The van der Waals surface area contributed by atoms with Crippen molar-refractivity contribution in [1.29, 1.82) is 0 Å². The van der Waals surface area contributed by atoms with Crippen molar-refractivity contribution in [1.82, 2.24) is 10.9 Å². The standard InChI is InChI=1S/C10H23N3O/c1-2-3-4-5-6-7-8-9-12-13-10(11)14/h12H,2-9H2,1H3,(H3,11,13,14). The number of unbranched alkanes of at least 4 members (excludes halogenated alkanes) is 6. The molecule has 0 aromatic heterocycles. The molecule has 4 N–H and O–H groups in total. The number of nitrogens with one attached hydrogen (secondary N) is 2. The Morgan fingerprint density at radius 3 is 2.21 bits per heavy atom. The summed E-state index contributed by atoms with van der Waals surface area (Å²) in [4.78, 5) is 10.3. The quantitative estimate of drug-likeness (QED) is 0.394. The largest absolute Gasteiger partial charge is 0.351 e. The van der Waals surface area contributed by atoms with Crippen molar-refractivity contribution in [2.45, 2.75) is 51.9 Å². The van der Waals surface area contributed by atoms with Gasteiger partial charge in [0.25, 0.3) is 0 Å². The number of urea groups is 1. The third kappa shape index (κ3) is 11.2. The van der Waals surface area contributed by atoms with Crippen molar-refractivity contribution in [3.63, 3.8) is 0 Å². The van der Waals surface area contributed by atoms with Gasteiger partial charge in [0.15, 0.2) is 0 Å². The topological polar surface area (TPSA) is 67.2 Å². The Morgan fingerprint density at radius 2 is 1.64 bits per heavy atom. The zero-order chi connectivity index (χ0) is 10.6. The first kappa shape index (κ1) is 13.2. The summed E-state index contributed by atoms with van der Waals surface area (Å²) in [5.41, 5.74) is 9.98. The highest BCUT2D eigenvalue weighted by Gasteiger charge is 1.91. The number of carbonyl (C=O) groups excluding carboxylic acids is 1. The van der Waals surface area contributed by atoms with Crippen LogP contribution in [0.5, 0.6) is 0 Å². The Hall–Kier alpha value is -0.770. The number of hydrazine groups is 1. The van der Waals surface area contributed by atoms with Crippen molar-refractivity contribution >= 4 is 6.03 Å². The van der Waals surface area contributed by atoms with Gasteiger partial charge in [-0.15, -0.1) is 0 Å². The first-order valence-electron chi connectivity index (χ1n) is 5.55. The van der Waals surface area contributed by atoms with E-state index in [4.69, 9.17) is 5.73 Å². The van der Waals surface area contributed by atoms with E-state index in [1.165, 1.54) is 38.5 Å². The molecule has 14 heavy (non-hydrogen) atoms. The van der Waals surface area contributed by atoms with Gasteiger partial charge in [0, 0.05) is 6.54 Å². The van der Waals surface area contributed by atoms with E-state index in [1.54, 1.807) is 0 Å². The molecule has 0 bridgehead atoms. The van der Waals surface area contributed by atoms with Crippen molar-refractivity contribution in [3.8, 4) is 0 Å². The molecule has 0 saturated carbocycles. The van der Waals surface area contributed by atoms with E-state index in [1.807, 2.05) is 0 Å². The van der Waals surface area contributed by atoms with Crippen LogP contribution in [0, 0.1) is 0 Å². The summed E-state index contributed by atoms with van der Waals surface area (Å²) in [6.07, 6.45) is 8.92. The highest BCUT2D eigenvalue weighted by atomic mass is 16.2. The van der Waals surface area contributed by atoms with Crippen LogP contribution in [0.15, 0.2) is 0 Å². The summed E-state index contributed by atoms with van der Waals surface area (Å²) < 4.78 is 0. The molecular formula is C10H23N3O. The molecule has 0 spiro atoms.